The number of benzene rings is 1. The second-order valence-corrected chi connectivity index (χ2v) is 7.48. The molecule has 0 bridgehead atoms. The zero-order valence-electron chi connectivity index (χ0n) is 12.2. The molecule has 1 aromatic carbocycles. The first kappa shape index (κ1) is 14.8. The number of nitrogen functional groups attached to an aromatic ring is 1. The van der Waals surface area contributed by atoms with Gasteiger partial charge < -0.3 is 10.5 Å². The molecule has 1 fully saturated rings. The molecule has 0 atom stereocenters. The van der Waals surface area contributed by atoms with Crippen molar-refractivity contribution in [2.75, 3.05) is 18.8 Å². The molecule has 4 heteroatoms. The van der Waals surface area contributed by atoms with E-state index < -0.39 is 0 Å². The lowest BCUT2D eigenvalue weighted by molar-refractivity contribution is -0.182. The van der Waals surface area contributed by atoms with Gasteiger partial charge in [0, 0.05) is 29.8 Å². The van der Waals surface area contributed by atoms with Crippen molar-refractivity contribution in [1.29, 1.82) is 0 Å². The van der Waals surface area contributed by atoms with Gasteiger partial charge in [0.2, 0.25) is 0 Å². The molecule has 1 aromatic rings. The monoisotopic (exact) mass is 326 g/mol. The normalized spacial score (nSPS) is 22.4. The SMILES string of the molecule is CC1(C)CN(Cc2ccc(Br)c(N)c2)CC(C)(C)O1. The van der Waals surface area contributed by atoms with Gasteiger partial charge in [-0.05, 0) is 61.3 Å². The minimum absolute atomic E-state index is 0.108. The van der Waals surface area contributed by atoms with Crippen LogP contribution in [-0.2, 0) is 11.3 Å². The summed E-state index contributed by atoms with van der Waals surface area (Å²) in [5, 5.41) is 0. The number of halogens is 1. The molecule has 1 heterocycles. The third-order valence-electron chi connectivity index (χ3n) is 3.23. The van der Waals surface area contributed by atoms with E-state index in [1.54, 1.807) is 0 Å². The van der Waals surface area contributed by atoms with Gasteiger partial charge in [-0.1, -0.05) is 6.07 Å². The zero-order chi connectivity index (χ0) is 14.3. The van der Waals surface area contributed by atoms with Crippen LogP contribution in [0.1, 0.15) is 33.3 Å². The number of ether oxygens (including phenoxy) is 1. The number of rotatable bonds is 2. The topological polar surface area (TPSA) is 38.5 Å². The molecular formula is C15H23BrN2O. The summed E-state index contributed by atoms with van der Waals surface area (Å²) in [6.07, 6.45) is 0. The van der Waals surface area contributed by atoms with E-state index in [0.717, 1.165) is 29.8 Å². The molecule has 0 saturated carbocycles. The fraction of sp³-hybridized carbons (Fsp3) is 0.600. The van der Waals surface area contributed by atoms with E-state index in [0.29, 0.717) is 0 Å². The Morgan fingerprint density at radius 2 is 1.79 bits per heavy atom. The molecule has 0 aromatic heterocycles. The van der Waals surface area contributed by atoms with E-state index in [2.05, 4.69) is 54.6 Å². The van der Waals surface area contributed by atoms with Crippen LogP contribution in [0.15, 0.2) is 22.7 Å². The quantitative estimate of drug-likeness (QED) is 0.846. The first-order chi connectivity index (χ1) is 8.67. The Bertz CT molecular complexity index is 455. The molecule has 1 aliphatic heterocycles. The van der Waals surface area contributed by atoms with Gasteiger partial charge in [-0.3, -0.25) is 4.90 Å². The first-order valence-corrected chi connectivity index (χ1v) is 7.43. The summed E-state index contributed by atoms with van der Waals surface area (Å²) < 4.78 is 7.06. The highest BCUT2D eigenvalue weighted by molar-refractivity contribution is 9.10. The average Bonchev–Trinajstić information content (AvgIpc) is 2.18. The lowest BCUT2D eigenvalue weighted by Crippen LogP contribution is -2.56. The van der Waals surface area contributed by atoms with E-state index in [-0.39, 0.29) is 11.2 Å². The van der Waals surface area contributed by atoms with Gasteiger partial charge in [-0.2, -0.15) is 0 Å². The first-order valence-electron chi connectivity index (χ1n) is 6.63. The van der Waals surface area contributed by atoms with Crippen molar-refractivity contribution in [3.63, 3.8) is 0 Å². The van der Waals surface area contributed by atoms with Crippen LogP contribution in [0.2, 0.25) is 0 Å². The summed E-state index contributed by atoms with van der Waals surface area (Å²) in [4.78, 5) is 2.44. The molecule has 0 amide bonds. The molecule has 0 unspecified atom stereocenters. The lowest BCUT2D eigenvalue weighted by Gasteiger charge is -2.47. The van der Waals surface area contributed by atoms with Crippen molar-refractivity contribution in [2.45, 2.75) is 45.4 Å². The second-order valence-electron chi connectivity index (χ2n) is 6.62. The smallest absolute Gasteiger partial charge is 0.0760 e. The van der Waals surface area contributed by atoms with E-state index in [9.17, 15) is 0 Å². The summed E-state index contributed by atoms with van der Waals surface area (Å²) in [5.41, 5.74) is 7.77. The number of hydrogen-bond donors (Lipinski definition) is 1. The number of morpholine rings is 1. The fourth-order valence-electron chi connectivity index (χ4n) is 3.01. The van der Waals surface area contributed by atoms with Crippen molar-refractivity contribution in [2.24, 2.45) is 0 Å². The minimum atomic E-state index is -0.108. The van der Waals surface area contributed by atoms with E-state index in [4.69, 9.17) is 10.5 Å². The molecule has 1 aliphatic rings. The van der Waals surface area contributed by atoms with Crippen molar-refractivity contribution in [3.8, 4) is 0 Å². The van der Waals surface area contributed by atoms with E-state index in [1.165, 1.54) is 5.56 Å². The van der Waals surface area contributed by atoms with Gasteiger partial charge in [-0.25, -0.2) is 0 Å². The van der Waals surface area contributed by atoms with Crippen LogP contribution in [0.25, 0.3) is 0 Å². The van der Waals surface area contributed by atoms with Gasteiger partial charge in [0.1, 0.15) is 0 Å². The highest BCUT2D eigenvalue weighted by Gasteiger charge is 2.37. The number of hydrogen-bond acceptors (Lipinski definition) is 3. The highest BCUT2D eigenvalue weighted by atomic mass is 79.9. The van der Waals surface area contributed by atoms with E-state index >= 15 is 0 Å². The summed E-state index contributed by atoms with van der Waals surface area (Å²) in [5.74, 6) is 0. The van der Waals surface area contributed by atoms with Gasteiger partial charge in [0.15, 0.2) is 0 Å². The third-order valence-corrected chi connectivity index (χ3v) is 3.95. The van der Waals surface area contributed by atoms with Crippen LogP contribution < -0.4 is 5.73 Å². The summed E-state index contributed by atoms with van der Waals surface area (Å²) in [6.45, 7) is 11.4. The Kier molecular flexibility index (Phi) is 3.96. The molecule has 19 heavy (non-hydrogen) atoms. The molecule has 106 valence electrons. The molecule has 3 nitrogen and oxygen atoms in total. The van der Waals surface area contributed by atoms with Gasteiger partial charge in [-0.15, -0.1) is 0 Å². The predicted molar refractivity (Wildman–Crippen MR) is 83.1 cm³/mol. The summed E-state index contributed by atoms with van der Waals surface area (Å²) >= 11 is 3.43. The lowest BCUT2D eigenvalue weighted by atomic mass is 9.98. The maximum Gasteiger partial charge on any atom is 0.0760 e. The third kappa shape index (κ3) is 3.94. The predicted octanol–water partition coefficient (Wildman–Crippen LogP) is 3.42. The minimum Gasteiger partial charge on any atom is -0.398 e. The maximum absolute atomic E-state index is 6.10. The standard InChI is InChI=1S/C15H23BrN2O/c1-14(2)9-18(10-15(3,4)19-14)8-11-5-6-12(16)13(17)7-11/h5-7H,8-10,17H2,1-4H3. The zero-order valence-corrected chi connectivity index (χ0v) is 13.8. The summed E-state index contributed by atoms with van der Waals surface area (Å²) in [7, 11) is 0. The van der Waals surface area contributed by atoms with Crippen LogP contribution in [0.5, 0.6) is 0 Å². The van der Waals surface area contributed by atoms with Crippen LogP contribution in [0.4, 0.5) is 5.69 Å². The average molecular weight is 327 g/mol. The number of nitrogens with two attached hydrogens (primary N) is 1. The van der Waals surface area contributed by atoms with Crippen molar-refractivity contribution < 1.29 is 4.74 Å². The van der Waals surface area contributed by atoms with Crippen LogP contribution in [-0.4, -0.2) is 29.2 Å². The molecule has 2 rings (SSSR count). The molecule has 1 saturated heterocycles. The Morgan fingerprint density at radius 1 is 1.21 bits per heavy atom. The van der Waals surface area contributed by atoms with Gasteiger partial charge in [0.25, 0.3) is 0 Å². The molecule has 0 radical (unpaired) electrons. The number of anilines is 1. The fourth-order valence-corrected chi connectivity index (χ4v) is 3.25. The van der Waals surface area contributed by atoms with Crippen molar-refractivity contribution in [3.05, 3.63) is 28.2 Å². The van der Waals surface area contributed by atoms with Crippen LogP contribution in [0, 0.1) is 0 Å². The van der Waals surface area contributed by atoms with Crippen LogP contribution in [0.3, 0.4) is 0 Å². The Hall–Kier alpha value is -0.580. The van der Waals surface area contributed by atoms with E-state index in [1.807, 2.05) is 12.1 Å². The van der Waals surface area contributed by atoms with Crippen molar-refractivity contribution >= 4 is 21.6 Å². The highest BCUT2D eigenvalue weighted by Crippen LogP contribution is 2.29. The Balaban J connectivity index is 2.11. The second kappa shape index (κ2) is 5.08. The molecule has 0 aliphatic carbocycles. The van der Waals surface area contributed by atoms with Gasteiger partial charge >= 0.3 is 0 Å². The largest absolute Gasteiger partial charge is 0.398 e. The molecule has 0 spiro atoms. The van der Waals surface area contributed by atoms with Crippen LogP contribution >= 0.6 is 15.9 Å². The Labute approximate surface area is 124 Å². The van der Waals surface area contributed by atoms with Gasteiger partial charge in [0.05, 0.1) is 11.2 Å². The maximum atomic E-state index is 6.10. The summed E-state index contributed by atoms with van der Waals surface area (Å²) in [6, 6.07) is 6.18. The van der Waals surface area contributed by atoms with Crippen molar-refractivity contribution in [1.82, 2.24) is 4.90 Å². The molecular weight excluding hydrogens is 304 g/mol. The molecule has 2 N–H and O–H groups in total. The Morgan fingerprint density at radius 3 is 2.32 bits per heavy atom. The number of nitrogens with zero attached hydrogens (tertiary/aromatic N) is 1.